The first-order valence-electron chi connectivity index (χ1n) is 5.92. The zero-order chi connectivity index (χ0) is 13.9. The van der Waals surface area contributed by atoms with E-state index in [-0.39, 0.29) is 42.8 Å². The number of hydrogen-bond acceptors (Lipinski definition) is 4. The molecule has 1 fully saturated rings. The van der Waals surface area contributed by atoms with Gasteiger partial charge in [-0.2, -0.15) is 0 Å². The summed E-state index contributed by atoms with van der Waals surface area (Å²) in [6.07, 6.45) is -0.0282. The van der Waals surface area contributed by atoms with Crippen molar-refractivity contribution >= 4 is 21.7 Å². The highest BCUT2D eigenvalue weighted by molar-refractivity contribution is 7.91. The maximum absolute atomic E-state index is 11.7. The Labute approximate surface area is 107 Å². The summed E-state index contributed by atoms with van der Waals surface area (Å²) in [5, 5.41) is 8.80. The standard InChI is InChI=1S/C11H19NO5S/c1-8(2)7-18(16,17)4-3-12-6-9(11(14)15)5-10(12)13/h8-9H,3-7H2,1-2H3,(H,14,15). The molecule has 1 unspecified atom stereocenters. The minimum Gasteiger partial charge on any atom is -0.481 e. The van der Waals surface area contributed by atoms with Gasteiger partial charge in [0.05, 0.1) is 17.4 Å². The monoisotopic (exact) mass is 277 g/mol. The van der Waals surface area contributed by atoms with Crippen molar-refractivity contribution in [1.29, 1.82) is 0 Å². The van der Waals surface area contributed by atoms with Gasteiger partial charge in [-0.3, -0.25) is 9.59 Å². The Bertz CT molecular complexity index is 429. The smallest absolute Gasteiger partial charge is 0.308 e. The molecule has 0 aromatic rings. The van der Waals surface area contributed by atoms with Crippen LogP contribution in [0.2, 0.25) is 0 Å². The Kier molecular flexibility index (Phi) is 4.72. The minimum atomic E-state index is -3.17. The zero-order valence-electron chi connectivity index (χ0n) is 10.6. The molecule has 6 nitrogen and oxygen atoms in total. The molecule has 7 heteroatoms. The highest BCUT2D eigenvalue weighted by Gasteiger charge is 2.34. The molecule has 1 heterocycles. The van der Waals surface area contributed by atoms with Crippen LogP contribution in [0.1, 0.15) is 20.3 Å². The van der Waals surface area contributed by atoms with Crippen molar-refractivity contribution in [1.82, 2.24) is 4.90 Å². The van der Waals surface area contributed by atoms with Gasteiger partial charge < -0.3 is 10.0 Å². The molecule has 1 rings (SSSR count). The van der Waals surface area contributed by atoms with Crippen molar-refractivity contribution in [2.45, 2.75) is 20.3 Å². The fraction of sp³-hybridized carbons (Fsp3) is 0.818. The normalized spacial score (nSPS) is 20.7. The molecule has 1 N–H and O–H groups in total. The number of amides is 1. The van der Waals surface area contributed by atoms with E-state index in [1.807, 2.05) is 13.8 Å². The molecule has 1 aliphatic heterocycles. The van der Waals surface area contributed by atoms with Crippen molar-refractivity contribution < 1.29 is 23.1 Å². The van der Waals surface area contributed by atoms with E-state index in [0.717, 1.165) is 0 Å². The number of carboxylic acid groups (broad SMARTS) is 1. The van der Waals surface area contributed by atoms with Gasteiger partial charge >= 0.3 is 5.97 Å². The SMILES string of the molecule is CC(C)CS(=O)(=O)CCN1CC(C(=O)O)CC1=O. The topological polar surface area (TPSA) is 91.8 Å². The first-order chi connectivity index (χ1) is 8.21. The molecule has 104 valence electrons. The van der Waals surface area contributed by atoms with Crippen molar-refractivity contribution in [3.63, 3.8) is 0 Å². The summed E-state index contributed by atoms with van der Waals surface area (Å²) in [7, 11) is -3.17. The summed E-state index contributed by atoms with van der Waals surface area (Å²) in [6.45, 7) is 3.85. The predicted molar refractivity (Wildman–Crippen MR) is 65.8 cm³/mol. The summed E-state index contributed by atoms with van der Waals surface area (Å²) < 4.78 is 23.3. The molecule has 0 spiro atoms. The van der Waals surface area contributed by atoms with E-state index in [1.165, 1.54) is 4.90 Å². The number of likely N-dealkylation sites (tertiary alicyclic amines) is 1. The van der Waals surface area contributed by atoms with Crippen LogP contribution in [-0.2, 0) is 19.4 Å². The van der Waals surface area contributed by atoms with Crippen LogP contribution >= 0.6 is 0 Å². The van der Waals surface area contributed by atoms with Crippen LogP contribution in [0.3, 0.4) is 0 Å². The van der Waals surface area contributed by atoms with Crippen LogP contribution in [0, 0.1) is 11.8 Å². The summed E-state index contributed by atoms with van der Waals surface area (Å²) in [6, 6.07) is 0. The molecule has 0 saturated carbocycles. The Morgan fingerprint density at radius 1 is 1.50 bits per heavy atom. The maximum Gasteiger partial charge on any atom is 0.308 e. The molecule has 1 amide bonds. The van der Waals surface area contributed by atoms with E-state index in [0.29, 0.717) is 0 Å². The Morgan fingerprint density at radius 2 is 2.11 bits per heavy atom. The molecule has 0 aromatic carbocycles. The second-order valence-electron chi connectivity index (χ2n) is 5.09. The number of sulfone groups is 1. The third kappa shape index (κ3) is 4.29. The van der Waals surface area contributed by atoms with Gasteiger partial charge in [-0.15, -0.1) is 0 Å². The summed E-state index contributed by atoms with van der Waals surface area (Å²) in [5.41, 5.74) is 0. The minimum absolute atomic E-state index is 0.0282. The molecular weight excluding hydrogens is 258 g/mol. The molecule has 18 heavy (non-hydrogen) atoms. The lowest BCUT2D eigenvalue weighted by Gasteiger charge is -2.16. The van der Waals surface area contributed by atoms with Crippen LogP contribution in [-0.4, -0.2) is 54.9 Å². The third-order valence-corrected chi connectivity index (χ3v) is 4.80. The Balaban J connectivity index is 2.50. The molecular formula is C11H19NO5S. The number of nitrogens with zero attached hydrogens (tertiary/aromatic N) is 1. The van der Waals surface area contributed by atoms with Crippen LogP contribution in [0.25, 0.3) is 0 Å². The summed E-state index contributed by atoms with van der Waals surface area (Å²) >= 11 is 0. The van der Waals surface area contributed by atoms with E-state index >= 15 is 0 Å². The van der Waals surface area contributed by atoms with E-state index in [9.17, 15) is 18.0 Å². The quantitative estimate of drug-likeness (QED) is 0.737. The molecule has 0 bridgehead atoms. The predicted octanol–water partition coefficient (Wildman–Crippen LogP) is -0.00970. The average Bonchev–Trinajstić information content (AvgIpc) is 2.55. The highest BCUT2D eigenvalue weighted by atomic mass is 32.2. The van der Waals surface area contributed by atoms with Crippen molar-refractivity contribution in [3.8, 4) is 0 Å². The molecule has 1 aliphatic rings. The van der Waals surface area contributed by atoms with Gasteiger partial charge in [0.1, 0.15) is 0 Å². The number of hydrogen-bond donors (Lipinski definition) is 1. The lowest BCUT2D eigenvalue weighted by atomic mass is 10.1. The van der Waals surface area contributed by atoms with Crippen molar-refractivity contribution in [2.75, 3.05) is 24.6 Å². The fourth-order valence-electron chi connectivity index (χ4n) is 1.99. The van der Waals surface area contributed by atoms with Gasteiger partial charge in [-0.1, -0.05) is 13.8 Å². The number of carbonyl (C=O) groups excluding carboxylic acids is 1. The van der Waals surface area contributed by atoms with E-state index in [1.54, 1.807) is 0 Å². The van der Waals surface area contributed by atoms with Crippen LogP contribution in [0.4, 0.5) is 0 Å². The molecule has 0 radical (unpaired) electrons. The zero-order valence-corrected chi connectivity index (χ0v) is 11.4. The van der Waals surface area contributed by atoms with Crippen LogP contribution in [0.5, 0.6) is 0 Å². The van der Waals surface area contributed by atoms with Gasteiger partial charge in [0.15, 0.2) is 9.84 Å². The first kappa shape index (κ1) is 14.9. The largest absolute Gasteiger partial charge is 0.481 e. The second kappa shape index (κ2) is 5.69. The fourth-order valence-corrected chi connectivity index (χ4v) is 3.68. The third-order valence-electron chi connectivity index (χ3n) is 2.82. The highest BCUT2D eigenvalue weighted by Crippen LogP contribution is 2.17. The summed E-state index contributed by atoms with van der Waals surface area (Å²) in [4.78, 5) is 23.6. The van der Waals surface area contributed by atoms with Gasteiger partial charge in [0.2, 0.25) is 5.91 Å². The van der Waals surface area contributed by atoms with Crippen LogP contribution in [0.15, 0.2) is 0 Å². The number of carboxylic acids is 1. The van der Waals surface area contributed by atoms with Gasteiger partial charge in [-0.25, -0.2) is 8.42 Å². The van der Waals surface area contributed by atoms with Gasteiger partial charge in [0, 0.05) is 19.5 Å². The first-order valence-corrected chi connectivity index (χ1v) is 7.74. The lowest BCUT2D eigenvalue weighted by molar-refractivity contribution is -0.141. The Morgan fingerprint density at radius 3 is 2.56 bits per heavy atom. The van der Waals surface area contributed by atoms with Crippen LogP contribution < -0.4 is 0 Å². The van der Waals surface area contributed by atoms with E-state index < -0.39 is 21.7 Å². The lowest BCUT2D eigenvalue weighted by Crippen LogP contribution is -2.32. The second-order valence-corrected chi connectivity index (χ2v) is 7.32. The van der Waals surface area contributed by atoms with Gasteiger partial charge in [0.25, 0.3) is 0 Å². The number of carbonyl (C=O) groups is 2. The molecule has 1 atom stereocenters. The average molecular weight is 277 g/mol. The van der Waals surface area contributed by atoms with E-state index in [4.69, 9.17) is 5.11 Å². The maximum atomic E-state index is 11.7. The van der Waals surface area contributed by atoms with Crippen molar-refractivity contribution in [3.05, 3.63) is 0 Å². The Hall–Kier alpha value is -1.11. The number of rotatable bonds is 6. The molecule has 0 aliphatic carbocycles. The molecule has 1 saturated heterocycles. The molecule has 0 aromatic heterocycles. The summed E-state index contributed by atoms with van der Waals surface area (Å²) in [5.74, 6) is -1.93. The van der Waals surface area contributed by atoms with Crippen molar-refractivity contribution in [2.24, 2.45) is 11.8 Å². The van der Waals surface area contributed by atoms with E-state index in [2.05, 4.69) is 0 Å². The van der Waals surface area contributed by atoms with Gasteiger partial charge in [-0.05, 0) is 5.92 Å². The number of aliphatic carboxylic acids is 1.